The number of primary amides is 1. The molecule has 3 N–H and O–H groups in total. The van der Waals surface area contributed by atoms with Crippen LogP contribution in [0.1, 0.15) is 17.7 Å². The number of amides is 2. The van der Waals surface area contributed by atoms with Gasteiger partial charge in [-0.15, -0.1) is 0 Å². The van der Waals surface area contributed by atoms with E-state index < -0.39 is 11.8 Å². The third-order valence-corrected chi connectivity index (χ3v) is 2.60. The highest BCUT2D eigenvalue weighted by Crippen LogP contribution is 2.03. The number of carbonyl (C=O) groups excluding carboxylic acids is 2. The molecule has 0 radical (unpaired) electrons. The van der Waals surface area contributed by atoms with Gasteiger partial charge in [-0.3, -0.25) is 25.0 Å². The first kappa shape index (κ1) is 14.0. The number of hydrogen-bond acceptors (Lipinski definition) is 4. The maximum Gasteiger partial charge on any atom is 0.247 e. The van der Waals surface area contributed by atoms with Crippen molar-refractivity contribution in [1.29, 1.82) is 0 Å². The zero-order chi connectivity index (χ0) is 13.7. The van der Waals surface area contributed by atoms with Crippen molar-refractivity contribution in [2.24, 2.45) is 5.73 Å². The lowest BCUT2D eigenvalue weighted by molar-refractivity contribution is -0.129. The number of aromatic nitrogens is 1. The van der Waals surface area contributed by atoms with E-state index in [1.807, 2.05) is 13.0 Å². The maximum absolute atomic E-state index is 11.3. The second kappa shape index (κ2) is 6.06. The standard InChI is InChI=1S/C11H14N4O2S/c1-7-3-4-8(6-13-7)11(18)15(2)14-10(17)5-9(12)16/h3-4,6H,5H2,1-2H3,(H2,12,16)(H,14,17). The van der Waals surface area contributed by atoms with E-state index in [9.17, 15) is 9.59 Å². The van der Waals surface area contributed by atoms with Crippen LogP contribution < -0.4 is 11.2 Å². The largest absolute Gasteiger partial charge is 0.369 e. The Bertz CT molecular complexity index is 472. The van der Waals surface area contributed by atoms with Crippen molar-refractivity contribution in [2.75, 3.05) is 7.05 Å². The minimum Gasteiger partial charge on any atom is -0.369 e. The normalized spacial score (nSPS) is 9.67. The fourth-order valence-corrected chi connectivity index (χ4v) is 1.39. The van der Waals surface area contributed by atoms with Gasteiger partial charge in [-0.1, -0.05) is 12.2 Å². The van der Waals surface area contributed by atoms with Gasteiger partial charge in [-0.2, -0.15) is 0 Å². The number of aryl methyl sites for hydroxylation is 1. The minimum absolute atomic E-state index is 0.376. The molecule has 0 aliphatic rings. The summed E-state index contributed by atoms with van der Waals surface area (Å²) in [5, 5.41) is 1.35. The van der Waals surface area contributed by atoms with E-state index in [-0.39, 0.29) is 6.42 Å². The van der Waals surface area contributed by atoms with Crippen LogP contribution in [-0.2, 0) is 9.59 Å². The number of nitrogens with two attached hydrogens (primary N) is 1. The number of hydrogen-bond donors (Lipinski definition) is 2. The highest BCUT2D eigenvalue weighted by Gasteiger charge is 2.12. The summed E-state index contributed by atoms with van der Waals surface area (Å²) in [6.45, 7) is 1.87. The molecular weight excluding hydrogens is 252 g/mol. The molecule has 1 heterocycles. The summed E-state index contributed by atoms with van der Waals surface area (Å²) >= 11 is 5.17. The monoisotopic (exact) mass is 266 g/mol. The quantitative estimate of drug-likeness (QED) is 0.453. The third-order valence-electron chi connectivity index (χ3n) is 2.09. The molecule has 6 nitrogen and oxygen atoms in total. The number of nitrogens with one attached hydrogen (secondary N) is 1. The van der Waals surface area contributed by atoms with Gasteiger partial charge in [0.05, 0.1) is 0 Å². The van der Waals surface area contributed by atoms with Crippen LogP contribution in [0.25, 0.3) is 0 Å². The van der Waals surface area contributed by atoms with Crippen molar-refractivity contribution in [2.45, 2.75) is 13.3 Å². The average molecular weight is 266 g/mol. The predicted molar refractivity (Wildman–Crippen MR) is 70.4 cm³/mol. The van der Waals surface area contributed by atoms with Gasteiger partial charge < -0.3 is 5.73 Å². The topological polar surface area (TPSA) is 88.3 Å². The summed E-state index contributed by atoms with van der Waals surface area (Å²) < 4.78 is 0. The Morgan fingerprint density at radius 1 is 1.50 bits per heavy atom. The van der Waals surface area contributed by atoms with Crippen LogP contribution in [0, 0.1) is 6.92 Å². The highest BCUT2D eigenvalue weighted by molar-refractivity contribution is 7.80. The molecule has 96 valence electrons. The van der Waals surface area contributed by atoms with Gasteiger partial charge in [-0.25, -0.2) is 0 Å². The molecule has 7 heteroatoms. The van der Waals surface area contributed by atoms with Crippen LogP contribution >= 0.6 is 12.2 Å². The molecule has 1 aromatic heterocycles. The van der Waals surface area contributed by atoms with Gasteiger partial charge in [-0.05, 0) is 19.1 Å². The Hall–Kier alpha value is -2.02. The van der Waals surface area contributed by atoms with Crippen LogP contribution in [-0.4, -0.2) is 33.8 Å². The molecule has 1 rings (SSSR count). The van der Waals surface area contributed by atoms with E-state index in [2.05, 4.69) is 10.4 Å². The van der Waals surface area contributed by atoms with Gasteiger partial charge in [0.2, 0.25) is 11.8 Å². The average Bonchev–Trinajstić information content (AvgIpc) is 2.27. The third kappa shape index (κ3) is 4.10. The number of rotatable bonds is 3. The van der Waals surface area contributed by atoms with E-state index in [0.29, 0.717) is 10.6 Å². The van der Waals surface area contributed by atoms with Crippen LogP contribution in [0.5, 0.6) is 0 Å². The number of carbonyl (C=O) groups is 2. The lowest BCUT2D eigenvalue weighted by atomic mass is 10.2. The molecule has 0 spiro atoms. The Balaban J connectivity index is 2.64. The Labute approximate surface area is 110 Å². The summed E-state index contributed by atoms with van der Waals surface area (Å²) in [6.07, 6.45) is 1.24. The molecule has 0 unspecified atom stereocenters. The molecule has 0 atom stereocenters. The second-order valence-corrected chi connectivity index (χ2v) is 4.12. The molecule has 0 fully saturated rings. The number of nitrogens with zero attached hydrogens (tertiary/aromatic N) is 2. The molecule has 0 aliphatic carbocycles. The van der Waals surface area contributed by atoms with Gasteiger partial charge in [0, 0.05) is 24.5 Å². The van der Waals surface area contributed by atoms with E-state index in [4.69, 9.17) is 18.0 Å². The lowest BCUT2D eigenvalue weighted by Gasteiger charge is -2.20. The van der Waals surface area contributed by atoms with Crippen molar-refractivity contribution in [3.63, 3.8) is 0 Å². The van der Waals surface area contributed by atoms with E-state index in [1.165, 1.54) is 5.01 Å². The van der Waals surface area contributed by atoms with E-state index in [0.717, 1.165) is 5.69 Å². The van der Waals surface area contributed by atoms with Crippen molar-refractivity contribution >= 4 is 29.0 Å². The Morgan fingerprint density at radius 3 is 2.67 bits per heavy atom. The van der Waals surface area contributed by atoms with Crippen LogP contribution in [0.15, 0.2) is 18.3 Å². The first-order valence-corrected chi connectivity index (χ1v) is 5.59. The van der Waals surface area contributed by atoms with Crippen molar-refractivity contribution in [1.82, 2.24) is 15.4 Å². The number of pyridine rings is 1. The van der Waals surface area contributed by atoms with Crippen LogP contribution in [0.3, 0.4) is 0 Å². The van der Waals surface area contributed by atoms with Gasteiger partial charge >= 0.3 is 0 Å². The first-order chi connectivity index (χ1) is 8.40. The van der Waals surface area contributed by atoms with Crippen LogP contribution in [0.4, 0.5) is 0 Å². The fourth-order valence-electron chi connectivity index (χ4n) is 1.22. The highest BCUT2D eigenvalue weighted by atomic mass is 32.1. The zero-order valence-electron chi connectivity index (χ0n) is 10.1. The van der Waals surface area contributed by atoms with E-state index >= 15 is 0 Å². The van der Waals surface area contributed by atoms with Crippen molar-refractivity contribution < 1.29 is 9.59 Å². The molecule has 2 amide bonds. The molecule has 18 heavy (non-hydrogen) atoms. The molecule has 0 aromatic carbocycles. The molecule has 1 aromatic rings. The summed E-state index contributed by atoms with van der Waals surface area (Å²) in [5.74, 6) is -1.20. The number of thiocarbonyl (C=S) groups is 1. The molecule has 0 bridgehead atoms. The van der Waals surface area contributed by atoms with Gasteiger partial charge in [0.15, 0.2) is 0 Å². The predicted octanol–water partition coefficient (Wildman–Crippen LogP) is -0.0961. The SMILES string of the molecule is Cc1ccc(C(=S)N(C)NC(=O)CC(N)=O)cn1. The Kier molecular flexibility index (Phi) is 4.73. The molecule has 0 saturated carbocycles. The molecular formula is C11H14N4O2S. The fraction of sp³-hybridized carbons (Fsp3) is 0.273. The summed E-state index contributed by atoms with van der Waals surface area (Å²) in [7, 11) is 1.58. The van der Waals surface area contributed by atoms with Crippen molar-refractivity contribution in [3.8, 4) is 0 Å². The van der Waals surface area contributed by atoms with Gasteiger partial charge in [0.25, 0.3) is 0 Å². The van der Waals surface area contributed by atoms with E-state index in [1.54, 1.807) is 19.3 Å². The zero-order valence-corrected chi connectivity index (χ0v) is 11.0. The summed E-state index contributed by atoms with van der Waals surface area (Å²) in [6, 6.07) is 3.63. The first-order valence-electron chi connectivity index (χ1n) is 5.18. The lowest BCUT2D eigenvalue weighted by Crippen LogP contribution is -2.44. The number of hydrazine groups is 1. The minimum atomic E-state index is -0.691. The maximum atomic E-state index is 11.3. The summed E-state index contributed by atoms with van der Waals surface area (Å²) in [5.41, 5.74) is 8.94. The second-order valence-electron chi connectivity index (χ2n) is 3.73. The smallest absolute Gasteiger partial charge is 0.247 e. The van der Waals surface area contributed by atoms with Crippen molar-refractivity contribution in [3.05, 3.63) is 29.6 Å². The summed E-state index contributed by atoms with van der Waals surface area (Å²) in [4.78, 5) is 26.4. The molecule has 0 aliphatic heterocycles. The molecule has 0 saturated heterocycles. The van der Waals surface area contributed by atoms with Crippen LogP contribution in [0.2, 0.25) is 0 Å². The Morgan fingerprint density at radius 2 is 2.17 bits per heavy atom. The van der Waals surface area contributed by atoms with Gasteiger partial charge in [0.1, 0.15) is 11.4 Å².